The second kappa shape index (κ2) is 7.16. The van der Waals surface area contributed by atoms with Gasteiger partial charge in [0.15, 0.2) is 0 Å². The molecule has 1 rings (SSSR count). The molecule has 62 valence electrons. The number of nitrogens with zero attached hydrogens (tertiary/aromatic N) is 1. The zero-order valence-electron chi connectivity index (χ0n) is 6.09. The van der Waals surface area contributed by atoms with Gasteiger partial charge in [-0.3, -0.25) is 4.99 Å². The fourth-order valence-electron chi connectivity index (χ4n) is 0.851. The van der Waals surface area contributed by atoms with E-state index in [1.807, 2.05) is 0 Å². The van der Waals surface area contributed by atoms with Crippen LogP contribution in [0.5, 0.6) is 0 Å². The number of hydrogen-bond acceptors (Lipinski definition) is 2. The van der Waals surface area contributed by atoms with Gasteiger partial charge in [0.1, 0.15) is 0 Å². The molecule has 0 unspecified atom stereocenters. The van der Waals surface area contributed by atoms with Crippen LogP contribution in [0.15, 0.2) is 4.99 Å². The third-order valence-corrected chi connectivity index (χ3v) is 1.23. The predicted octanol–water partition coefficient (Wildman–Crippen LogP) is 1.63. The summed E-state index contributed by atoms with van der Waals surface area (Å²) >= 11 is 0. The minimum atomic E-state index is 0. The lowest BCUT2D eigenvalue weighted by atomic mass is 10.3. The summed E-state index contributed by atoms with van der Waals surface area (Å²) in [5, 5.41) is 3.21. The lowest BCUT2D eigenvalue weighted by Gasteiger charge is -1.95. The Morgan fingerprint density at radius 2 is 2.20 bits per heavy atom. The maximum absolute atomic E-state index is 4.23. The number of nitrogens with one attached hydrogen (secondary N) is 1. The topological polar surface area (TPSA) is 24.4 Å². The Morgan fingerprint density at radius 1 is 1.50 bits per heavy atom. The summed E-state index contributed by atoms with van der Waals surface area (Å²) in [6.45, 7) is 4.20. The van der Waals surface area contributed by atoms with E-state index < -0.39 is 0 Å². The van der Waals surface area contributed by atoms with Gasteiger partial charge in [-0.2, -0.15) is 0 Å². The van der Waals surface area contributed by atoms with Gasteiger partial charge in [0.05, 0.1) is 12.4 Å². The molecule has 4 heteroatoms. The fraction of sp³-hybridized carbons (Fsp3) is 0.833. The van der Waals surface area contributed by atoms with E-state index >= 15 is 0 Å². The Hall–Kier alpha value is 0.0500. The minimum Gasteiger partial charge on any atom is -0.372 e. The molecule has 2 nitrogen and oxygen atoms in total. The van der Waals surface area contributed by atoms with Crippen LogP contribution < -0.4 is 5.32 Å². The minimum absolute atomic E-state index is 0. The highest BCUT2D eigenvalue weighted by Crippen LogP contribution is 1.93. The van der Waals surface area contributed by atoms with Crippen LogP contribution in [-0.4, -0.2) is 18.9 Å². The van der Waals surface area contributed by atoms with E-state index in [1.54, 1.807) is 0 Å². The van der Waals surface area contributed by atoms with Gasteiger partial charge < -0.3 is 5.32 Å². The van der Waals surface area contributed by atoms with Crippen LogP contribution in [-0.2, 0) is 0 Å². The van der Waals surface area contributed by atoms with E-state index in [2.05, 4.69) is 17.2 Å². The van der Waals surface area contributed by atoms with Gasteiger partial charge in [-0.25, -0.2) is 0 Å². The molecule has 0 radical (unpaired) electrons. The van der Waals surface area contributed by atoms with Crippen molar-refractivity contribution < 1.29 is 0 Å². The molecule has 0 aliphatic carbocycles. The van der Waals surface area contributed by atoms with Crippen molar-refractivity contribution in [2.75, 3.05) is 13.1 Å². The zero-order valence-corrected chi connectivity index (χ0v) is 7.73. The van der Waals surface area contributed by atoms with Crippen molar-refractivity contribution in [3.05, 3.63) is 0 Å². The van der Waals surface area contributed by atoms with Crippen molar-refractivity contribution in [1.29, 1.82) is 0 Å². The molecule has 0 bridgehead atoms. The fourth-order valence-corrected chi connectivity index (χ4v) is 0.851. The van der Waals surface area contributed by atoms with Gasteiger partial charge in [0.25, 0.3) is 0 Å². The summed E-state index contributed by atoms with van der Waals surface area (Å²) in [6, 6.07) is 0. The lowest BCUT2D eigenvalue weighted by Crippen LogP contribution is -2.17. The summed E-state index contributed by atoms with van der Waals surface area (Å²) < 4.78 is 0. The van der Waals surface area contributed by atoms with E-state index in [1.165, 1.54) is 12.3 Å². The van der Waals surface area contributed by atoms with Crippen LogP contribution >= 0.6 is 24.8 Å². The maximum atomic E-state index is 4.23. The largest absolute Gasteiger partial charge is 0.372 e. The van der Waals surface area contributed by atoms with Gasteiger partial charge in [-0.15, -0.1) is 24.8 Å². The Labute approximate surface area is 74.3 Å². The highest BCUT2D eigenvalue weighted by molar-refractivity contribution is 5.85. The third kappa shape index (κ3) is 3.96. The van der Waals surface area contributed by atoms with Crippen LogP contribution in [0, 0.1) is 0 Å². The van der Waals surface area contributed by atoms with Crippen molar-refractivity contribution >= 4 is 30.6 Å². The summed E-state index contributed by atoms with van der Waals surface area (Å²) in [6.07, 6.45) is 2.33. The third-order valence-electron chi connectivity index (χ3n) is 1.23. The normalized spacial score (nSPS) is 14.3. The summed E-state index contributed by atoms with van der Waals surface area (Å²) in [7, 11) is 0. The summed E-state index contributed by atoms with van der Waals surface area (Å²) in [4.78, 5) is 4.23. The van der Waals surface area contributed by atoms with Gasteiger partial charge in [-0.05, 0) is 6.42 Å². The molecule has 10 heavy (non-hydrogen) atoms. The van der Waals surface area contributed by atoms with Gasteiger partial charge in [0.2, 0.25) is 0 Å². The predicted molar refractivity (Wildman–Crippen MR) is 49.7 cm³/mol. The van der Waals surface area contributed by atoms with E-state index in [0.717, 1.165) is 19.5 Å². The van der Waals surface area contributed by atoms with Gasteiger partial charge >= 0.3 is 0 Å². The number of amidine groups is 1. The molecule has 1 aliphatic rings. The number of aliphatic imine (C=N–C) groups is 1. The smallest absolute Gasteiger partial charge is 0.0964 e. The first-order valence-corrected chi connectivity index (χ1v) is 3.20. The Morgan fingerprint density at radius 3 is 2.60 bits per heavy atom. The van der Waals surface area contributed by atoms with Crippen LogP contribution in [0.4, 0.5) is 0 Å². The second-order valence-corrected chi connectivity index (χ2v) is 2.01. The molecule has 0 fully saturated rings. The lowest BCUT2D eigenvalue weighted by molar-refractivity contribution is 0.921. The standard InChI is InChI=1S/C6H12N2.2ClH/c1-2-3-6-7-4-5-8-6;;/h2-5H2,1H3,(H,7,8);2*1H. The number of hydrogen-bond donors (Lipinski definition) is 1. The SMILES string of the molecule is CCCC1=NCCN1.Cl.Cl. The van der Waals surface area contributed by atoms with Crippen molar-refractivity contribution in [1.82, 2.24) is 5.32 Å². The molecule has 0 amide bonds. The molecule has 1 aliphatic heterocycles. The molecule has 0 saturated heterocycles. The Bertz CT molecular complexity index is 104. The number of halogens is 2. The molecular weight excluding hydrogens is 171 g/mol. The molecular formula is C6H14Cl2N2. The van der Waals surface area contributed by atoms with Crippen LogP contribution in [0.1, 0.15) is 19.8 Å². The molecule has 1 N–H and O–H groups in total. The van der Waals surface area contributed by atoms with E-state index in [9.17, 15) is 0 Å². The summed E-state index contributed by atoms with van der Waals surface area (Å²) in [5.41, 5.74) is 0. The maximum Gasteiger partial charge on any atom is 0.0964 e. The highest BCUT2D eigenvalue weighted by Gasteiger charge is 2.00. The number of rotatable bonds is 2. The first-order chi connectivity index (χ1) is 3.93. The van der Waals surface area contributed by atoms with Gasteiger partial charge in [-0.1, -0.05) is 6.92 Å². The van der Waals surface area contributed by atoms with E-state index in [0.29, 0.717) is 0 Å². The summed E-state index contributed by atoms with van der Waals surface area (Å²) in [5.74, 6) is 1.20. The van der Waals surface area contributed by atoms with Crippen molar-refractivity contribution in [3.8, 4) is 0 Å². The van der Waals surface area contributed by atoms with Crippen molar-refractivity contribution in [2.24, 2.45) is 4.99 Å². The quantitative estimate of drug-likeness (QED) is 0.694. The van der Waals surface area contributed by atoms with E-state index in [-0.39, 0.29) is 24.8 Å². The molecule has 0 aromatic heterocycles. The second-order valence-electron chi connectivity index (χ2n) is 2.01. The van der Waals surface area contributed by atoms with Crippen LogP contribution in [0.2, 0.25) is 0 Å². The van der Waals surface area contributed by atoms with Crippen LogP contribution in [0.3, 0.4) is 0 Å². The Balaban J connectivity index is 0. The molecule has 0 aromatic carbocycles. The first kappa shape index (κ1) is 12.7. The molecule has 0 atom stereocenters. The molecule has 1 heterocycles. The van der Waals surface area contributed by atoms with Crippen molar-refractivity contribution in [3.63, 3.8) is 0 Å². The molecule has 0 aromatic rings. The zero-order chi connectivity index (χ0) is 5.82. The van der Waals surface area contributed by atoms with Crippen LogP contribution in [0.25, 0.3) is 0 Å². The average Bonchev–Trinajstić information content (AvgIpc) is 2.19. The highest BCUT2D eigenvalue weighted by atomic mass is 35.5. The average molecular weight is 185 g/mol. The molecule has 0 saturated carbocycles. The first-order valence-electron chi connectivity index (χ1n) is 3.20. The molecule has 0 spiro atoms. The monoisotopic (exact) mass is 184 g/mol. The Kier molecular flexibility index (Phi) is 9.10. The van der Waals surface area contributed by atoms with Crippen molar-refractivity contribution in [2.45, 2.75) is 19.8 Å². The van der Waals surface area contributed by atoms with E-state index in [4.69, 9.17) is 0 Å². The van der Waals surface area contributed by atoms with Gasteiger partial charge in [0, 0.05) is 13.0 Å².